The van der Waals surface area contributed by atoms with Gasteiger partial charge >= 0.3 is 0 Å². The summed E-state index contributed by atoms with van der Waals surface area (Å²) in [6, 6.07) is 7.99. The molecule has 4 nitrogen and oxygen atoms in total. The maximum Gasteiger partial charge on any atom is 0.261 e. The van der Waals surface area contributed by atoms with E-state index in [-0.39, 0.29) is 23.9 Å². The van der Waals surface area contributed by atoms with Gasteiger partial charge in [0.15, 0.2) is 0 Å². The Morgan fingerprint density at radius 3 is 2.65 bits per heavy atom. The van der Waals surface area contributed by atoms with Crippen LogP contribution >= 0.6 is 0 Å². The molecule has 0 radical (unpaired) electrons. The maximum atomic E-state index is 12.6. The zero-order valence-electron chi connectivity index (χ0n) is 11.9. The van der Waals surface area contributed by atoms with Crippen LogP contribution in [0.3, 0.4) is 0 Å². The second-order valence-electron chi connectivity index (χ2n) is 5.90. The van der Waals surface area contributed by atoms with Crippen LogP contribution in [0.15, 0.2) is 24.3 Å². The van der Waals surface area contributed by atoms with E-state index in [1.165, 1.54) is 4.90 Å². The zero-order chi connectivity index (χ0) is 14.3. The van der Waals surface area contributed by atoms with Crippen LogP contribution in [0.25, 0.3) is 0 Å². The van der Waals surface area contributed by atoms with E-state index in [0.29, 0.717) is 18.0 Å². The number of benzene rings is 1. The van der Waals surface area contributed by atoms with Crippen molar-refractivity contribution < 1.29 is 9.59 Å². The van der Waals surface area contributed by atoms with E-state index < -0.39 is 0 Å². The first-order valence-electron chi connectivity index (χ1n) is 7.28. The molecule has 4 heteroatoms. The number of imide groups is 1. The number of hydrogen-bond acceptors (Lipinski definition) is 3. The molecule has 0 aromatic heterocycles. The molecule has 106 valence electrons. The molecular formula is C16H20N2O2. The molecule has 2 heterocycles. The average molecular weight is 272 g/mol. The topological polar surface area (TPSA) is 49.4 Å². The highest BCUT2D eigenvalue weighted by atomic mass is 16.2. The van der Waals surface area contributed by atoms with Crippen LogP contribution in [0.1, 0.15) is 42.6 Å². The molecule has 3 unspecified atom stereocenters. The first kappa shape index (κ1) is 13.3. The Labute approximate surface area is 119 Å². The highest BCUT2D eigenvalue weighted by Gasteiger charge is 2.39. The largest absolute Gasteiger partial charge is 0.310 e. The van der Waals surface area contributed by atoms with Gasteiger partial charge in [-0.3, -0.25) is 14.5 Å². The number of nitrogens with one attached hydrogen (secondary N) is 1. The van der Waals surface area contributed by atoms with E-state index in [4.69, 9.17) is 0 Å². The molecular weight excluding hydrogens is 252 g/mol. The molecule has 1 aromatic rings. The third kappa shape index (κ3) is 2.14. The lowest BCUT2D eigenvalue weighted by molar-refractivity contribution is -0.131. The molecule has 1 aromatic carbocycles. The van der Waals surface area contributed by atoms with E-state index in [1.54, 1.807) is 0 Å². The molecule has 0 aliphatic carbocycles. The molecule has 2 amide bonds. The molecule has 1 N–H and O–H groups in total. The van der Waals surface area contributed by atoms with Crippen molar-refractivity contribution in [2.24, 2.45) is 0 Å². The summed E-state index contributed by atoms with van der Waals surface area (Å²) in [7, 11) is 0. The van der Waals surface area contributed by atoms with Crippen molar-refractivity contribution in [3.63, 3.8) is 0 Å². The van der Waals surface area contributed by atoms with E-state index in [9.17, 15) is 9.59 Å². The summed E-state index contributed by atoms with van der Waals surface area (Å²) < 4.78 is 0. The first-order chi connectivity index (χ1) is 9.58. The molecule has 2 aliphatic rings. The lowest BCUT2D eigenvalue weighted by Crippen LogP contribution is -2.59. The lowest BCUT2D eigenvalue weighted by atomic mass is 9.90. The Hall–Kier alpha value is -1.68. The number of amides is 2. The predicted octanol–water partition coefficient (Wildman–Crippen LogP) is 1.74. The Morgan fingerprint density at radius 1 is 1.15 bits per heavy atom. The van der Waals surface area contributed by atoms with Crippen LogP contribution in [0.5, 0.6) is 0 Å². The van der Waals surface area contributed by atoms with Crippen molar-refractivity contribution in [2.75, 3.05) is 0 Å². The van der Waals surface area contributed by atoms with Crippen molar-refractivity contribution >= 4 is 11.8 Å². The molecule has 1 saturated heterocycles. The summed E-state index contributed by atoms with van der Waals surface area (Å²) in [5.74, 6) is -0.202. The number of hydrogen-bond donors (Lipinski definition) is 1. The van der Waals surface area contributed by atoms with Gasteiger partial charge in [0.1, 0.15) is 0 Å². The summed E-state index contributed by atoms with van der Waals surface area (Å²) in [4.78, 5) is 26.5. The highest BCUT2D eigenvalue weighted by molar-refractivity contribution is 6.10. The molecule has 20 heavy (non-hydrogen) atoms. The number of carbonyl (C=O) groups is 2. The van der Waals surface area contributed by atoms with Gasteiger partial charge in [0, 0.05) is 17.6 Å². The van der Waals surface area contributed by atoms with Gasteiger partial charge in [0.05, 0.1) is 12.5 Å². The normalized spacial score (nSPS) is 30.3. The van der Waals surface area contributed by atoms with Crippen LogP contribution in [0, 0.1) is 0 Å². The van der Waals surface area contributed by atoms with E-state index >= 15 is 0 Å². The van der Waals surface area contributed by atoms with Crippen molar-refractivity contribution in [3.05, 3.63) is 35.4 Å². The third-order valence-corrected chi connectivity index (χ3v) is 4.43. The average Bonchev–Trinajstić information content (AvgIpc) is 2.41. The molecule has 0 spiro atoms. The number of carbonyl (C=O) groups excluding carboxylic acids is 2. The Balaban J connectivity index is 1.91. The predicted molar refractivity (Wildman–Crippen MR) is 76.4 cm³/mol. The molecule has 1 fully saturated rings. The monoisotopic (exact) mass is 272 g/mol. The summed E-state index contributed by atoms with van der Waals surface area (Å²) in [5, 5.41) is 3.45. The van der Waals surface area contributed by atoms with Gasteiger partial charge in [-0.15, -0.1) is 0 Å². The van der Waals surface area contributed by atoms with Crippen molar-refractivity contribution in [1.29, 1.82) is 0 Å². The fraction of sp³-hybridized carbons (Fsp3) is 0.500. The van der Waals surface area contributed by atoms with Crippen molar-refractivity contribution in [1.82, 2.24) is 10.2 Å². The molecule has 0 bridgehead atoms. The first-order valence-corrected chi connectivity index (χ1v) is 7.28. The maximum absolute atomic E-state index is 12.6. The summed E-state index contributed by atoms with van der Waals surface area (Å²) in [6.07, 6.45) is 2.21. The van der Waals surface area contributed by atoms with E-state index in [1.807, 2.05) is 24.3 Å². The summed E-state index contributed by atoms with van der Waals surface area (Å²) in [6.45, 7) is 4.20. The Kier molecular flexibility index (Phi) is 3.34. The fourth-order valence-corrected chi connectivity index (χ4v) is 3.38. The Morgan fingerprint density at radius 2 is 1.90 bits per heavy atom. The molecule has 3 atom stereocenters. The van der Waals surface area contributed by atoms with Gasteiger partial charge in [-0.2, -0.15) is 0 Å². The summed E-state index contributed by atoms with van der Waals surface area (Å²) >= 11 is 0. The Bertz CT molecular complexity index is 555. The number of rotatable bonds is 1. The second kappa shape index (κ2) is 5.02. The van der Waals surface area contributed by atoms with Gasteiger partial charge in [0.25, 0.3) is 5.91 Å². The van der Waals surface area contributed by atoms with Crippen LogP contribution < -0.4 is 5.32 Å². The van der Waals surface area contributed by atoms with E-state index in [2.05, 4.69) is 19.2 Å². The van der Waals surface area contributed by atoms with Crippen LogP contribution in [-0.2, 0) is 11.2 Å². The quantitative estimate of drug-likeness (QED) is 0.792. The van der Waals surface area contributed by atoms with Gasteiger partial charge in [0.2, 0.25) is 5.91 Å². The highest BCUT2D eigenvalue weighted by Crippen LogP contribution is 2.26. The van der Waals surface area contributed by atoms with Crippen LogP contribution in [0.4, 0.5) is 0 Å². The minimum atomic E-state index is -0.134. The SMILES string of the molecule is CC1CCC(N2C(=O)Cc3ccccc3C2=O)C(C)N1. The lowest BCUT2D eigenvalue weighted by Gasteiger charge is -2.41. The van der Waals surface area contributed by atoms with Gasteiger partial charge in [-0.1, -0.05) is 18.2 Å². The number of fused-ring (bicyclic) bond motifs is 1. The molecule has 2 aliphatic heterocycles. The smallest absolute Gasteiger partial charge is 0.261 e. The van der Waals surface area contributed by atoms with Gasteiger partial charge in [-0.25, -0.2) is 0 Å². The third-order valence-electron chi connectivity index (χ3n) is 4.43. The number of piperidine rings is 1. The minimum absolute atomic E-state index is 0.0282. The molecule has 0 saturated carbocycles. The minimum Gasteiger partial charge on any atom is -0.310 e. The fourth-order valence-electron chi connectivity index (χ4n) is 3.38. The standard InChI is InChI=1S/C16H20N2O2/c1-10-7-8-14(11(2)17-10)18-15(19)9-12-5-3-4-6-13(12)16(18)20/h3-6,10-11,14,17H,7-9H2,1-2H3. The summed E-state index contributed by atoms with van der Waals surface area (Å²) in [5.41, 5.74) is 1.53. The zero-order valence-corrected chi connectivity index (χ0v) is 11.9. The van der Waals surface area contributed by atoms with Crippen LogP contribution in [-0.4, -0.2) is 34.8 Å². The number of nitrogens with zero attached hydrogens (tertiary/aromatic N) is 1. The van der Waals surface area contributed by atoms with E-state index in [0.717, 1.165) is 18.4 Å². The van der Waals surface area contributed by atoms with Crippen LogP contribution in [0.2, 0.25) is 0 Å². The van der Waals surface area contributed by atoms with Crippen molar-refractivity contribution in [3.8, 4) is 0 Å². The molecule has 3 rings (SSSR count). The second-order valence-corrected chi connectivity index (χ2v) is 5.90. The van der Waals surface area contributed by atoms with Crippen molar-refractivity contribution in [2.45, 2.75) is 51.2 Å². The van der Waals surface area contributed by atoms with Gasteiger partial charge in [-0.05, 0) is 38.3 Å². The van der Waals surface area contributed by atoms with Gasteiger partial charge < -0.3 is 5.32 Å².